The molecule has 76 valence electrons. The fourth-order valence-electron chi connectivity index (χ4n) is 1.99. The molecule has 0 amide bonds. The molecule has 1 fully saturated rings. The minimum atomic E-state index is -0.758. The highest BCUT2D eigenvalue weighted by Gasteiger charge is 2.38. The van der Waals surface area contributed by atoms with E-state index in [1.807, 2.05) is 0 Å². The minimum absolute atomic E-state index is 0.119. The smallest absolute Gasteiger partial charge is 0.309 e. The van der Waals surface area contributed by atoms with Gasteiger partial charge in [0, 0.05) is 0 Å². The Morgan fingerprint density at radius 1 is 1.38 bits per heavy atom. The van der Waals surface area contributed by atoms with Crippen molar-refractivity contribution in [2.45, 2.75) is 45.6 Å². The largest absolute Gasteiger partial charge is 0.481 e. The summed E-state index contributed by atoms with van der Waals surface area (Å²) in [6.07, 6.45) is 3.04. The quantitative estimate of drug-likeness (QED) is 0.689. The standard InChI is InChI=1S/C10H18O3/c1-10(2,9(12)13)7-4-3-5-8(11)6-7/h7-8,11H,3-6H2,1-2H3,(H,12,13). The van der Waals surface area contributed by atoms with Crippen molar-refractivity contribution in [2.75, 3.05) is 0 Å². The summed E-state index contributed by atoms with van der Waals surface area (Å²) in [5.74, 6) is -0.639. The summed E-state index contributed by atoms with van der Waals surface area (Å²) < 4.78 is 0. The Bertz CT molecular complexity index is 198. The molecular formula is C10H18O3. The lowest BCUT2D eigenvalue weighted by atomic mass is 9.70. The van der Waals surface area contributed by atoms with Gasteiger partial charge in [0.1, 0.15) is 0 Å². The average molecular weight is 186 g/mol. The summed E-state index contributed by atoms with van der Waals surface area (Å²) in [5, 5.41) is 18.4. The highest BCUT2D eigenvalue weighted by molar-refractivity contribution is 5.74. The van der Waals surface area contributed by atoms with Gasteiger partial charge in [0.15, 0.2) is 0 Å². The van der Waals surface area contributed by atoms with Crippen LogP contribution in [-0.2, 0) is 4.79 Å². The zero-order valence-corrected chi connectivity index (χ0v) is 8.29. The lowest BCUT2D eigenvalue weighted by Crippen LogP contribution is -2.37. The first-order chi connectivity index (χ1) is 5.94. The number of aliphatic hydroxyl groups is 1. The number of carbonyl (C=O) groups is 1. The molecule has 0 radical (unpaired) electrons. The third kappa shape index (κ3) is 2.21. The Kier molecular flexibility index (Phi) is 2.96. The molecular weight excluding hydrogens is 168 g/mol. The van der Waals surface area contributed by atoms with Crippen molar-refractivity contribution in [3.63, 3.8) is 0 Å². The number of hydrogen-bond acceptors (Lipinski definition) is 2. The Morgan fingerprint density at radius 3 is 2.46 bits per heavy atom. The van der Waals surface area contributed by atoms with Gasteiger partial charge in [-0.25, -0.2) is 0 Å². The maximum atomic E-state index is 10.9. The van der Waals surface area contributed by atoms with Crippen LogP contribution in [0.2, 0.25) is 0 Å². The van der Waals surface area contributed by atoms with Crippen molar-refractivity contribution in [3.05, 3.63) is 0 Å². The van der Waals surface area contributed by atoms with Crippen LogP contribution in [0.5, 0.6) is 0 Å². The summed E-state index contributed by atoms with van der Waals surface area (Å²) in [5.41, 5.74) is -0.693. The second kappa shape index (κ2) is 3.66. The van der Waals surface area contributed by atoms with Crippen molar-refractivity contribution in [1.29, 1.82) is 0 Å². The predicted octanol–water partition coefficient (Wildman–Crippen LogP) is 1.65. The number of aliphatic hydroxyl groups excluding tert-OH is 1. The highest BCUT2D eigenvalue weighted by Crippen LogP contribution is 2.38. The molecule has 1 aliphatic carbocycles. The van der Waals surface area contributed by atoms with Crippen LogP contribution in [-0.4, -0.2) is 22.3 Å². The molecule has 2 unspecified atom stereocenters. The molecule has 3 heteroatoms. The van der Waals surface area contributed by atoms with Crippen molar-refractivity contribution in [2.24, 2.45) is 11.3 Å². The summed E-state index contributed by atoms with van der Waals surface area (Å²) in [4.78, 5) is 10.9. The molecule has 1 aliphatic rings. The molecule has 2 N–H and O–H groups in total. The van der Waals surface area contributed by atoms with Gasteiger partial charge in [-0.1, -0.05) is 6.42 Å². The summed E-state index contributed by atoms with van der Waals surface area (Å²) in [6.45, 7) is 3.50. The molecule has 2 atom stereocenters. The van der Waals surface area contributed by atoms with Crippen LogP contribution in [0.4, 0.5) is 0 Å². The third-order valence-corrected chi connectivity index (χ3v) is 3.22. The molecule has 0 spiro atoms. The van der Waals surface area contributed by atoms with Crippen molar-refractivity contribution in [3.8, 4) is 0 Å². The van der Waals surface area contributed by atoms with E-state index in [1.54, 1.807) is 13.8 Å². The van der Waals surface area contributed by atoms with E-state index in [-0.39, 0.29) is 12.0 Å². The SMILES string of the molecule is CC(C)(C(=O)O)C1CCCC(O)C1. The van der Waals surface area contributed by atoms with Gasteiger partial charge >= 0.3 is 5.97 Å². The fraction of sp³-hybridized carbons (Fsp3) is 0.900. The Morgan fingerprint density at radius 2 is 2.00 bits per heavy atom. The molecule has 1 saturated carbocycles. The van der Waals surface area contributed by atoms with E-state index < -0.39 is 11.4 Å². The van der Waals surface area contributed by atoms with Gasteiger partial charge in [0.25, 0.3) is 0 Å². The van der Waals surface area contributed by atoms with Gasteiger partial charge in [0.2, 0.25) is 0 Å². The predicted molar refractivity (Wildman–Crippen MR) is 49.4 cm³/mol. The maximum absolute atomic E-state index is 10.9. The Labute approximate surface area is 78.8 Å². The van der Waals surface area contributed by atoms with E-state index in [1.165, 1.54) is 0 Å². The number of hydrogen-bond donors (Lipinski definition) is 2. The number of carboxylic acid groups (broad SMARTS) is 1. The van der Waals surface area contributed by atoms with E-state index in [0.717, 1.165) is 19.3 Å². The number of carboxylic acids is 1. The highest BCUT2D eigenvalue weighted by atomic mass is 16.4. The van der Waals surface area contributed by atoms with Crippen LogP contribution < -0.4 is 0 Å². The van der Waals surface area contributed by atoms with Crippen LogP contribution in [0.3, 0.4) is 0 Å². The van der Waals surface area contributed by atoms with Crippen LogP contribution in [0.25, 0.3) is 0 Å². The summed E-state index contributed by atoms with van der Waals surface area (Å²) in [7, 11) is 0. The summed E-state index contributed by atoms with van der Waals surface area (Å²) >= 11 is 0. The van der Waals surface area contributed by atoms with Gasteiger partial charge in [-0.3, -0.25) is 4.79 Å². The first kappa shape index (κ1) is 10.5. The van der Waals surface area contributed by atoms with Crippen LogP contribution >= 0.6 is 0 Å². The van der Waals surface area contributed by atoms with Gasteiger partial charge < -0.3 is 10.2 Å². The van der Waals surface area contributed by atoms with Crippen LogP contribution in [0, 0.1) is 11.3 Å². The number of aliphatic carboxylic acids is 1. The molecule has 0 bridgehead atoms. The summed E-state index contributed by atoms with van der Waals surface area (Å²) in [6, 6.07) is 0. The Balaban J connectivity index is 2.64. The van der Waals surface area contributed by atoms with Crippen molar-refractivity contribution in [1.82, 2.24) is 0 Å². The first-order valence-electron chi connectivity index (χ1n) is 4.86. The molecule has 0 aliphatic heterocycles. The van der Waals surface area contributed by atoms with Crippen LogP contribution in [0.1, 0.15) is 39.5 Å². The molecule has 0 heterocycles. The maximum Gasteiger partial charge on any atom is 0.309 e. The average Bonchev–Trinajstić information content (AvgIpc) is 2.04. The topological polar surface area (TPSA) is 57.5 Å². The second-order valence-electron chi connectivity index (χ2n) is 4.54. The van der Waals surface area contributed by atoms with Crippen molar-refractivity contribution >= 4 is 5.97 Å². The normalized spacial score (nSPS) is 30.1. The molecule has 0 saturated heterocycles. The lowest BCUT2D eigenvalue weighted by Gasteiger charge is -2.35. The van der Waals surface area contributed by atoms with E-state index in [9.17, 15) is 9.90 Å². The monoisotopic (exact) mass is 186 g/mol. The lowest BCUT2D eigenvalue weighted by molar-refractivity contribution is -0.151. The zero-order chi connectivity index (χ0) is 10.1. The van der Waals surface area contributed by atoms with E-state index in [4.69, 9.17) is 5.11 Å². The molecule has 0 aromatic heterocycles. The fourth-order valence-corrected chi connectivity index (χ4v) is 1.99. The molecule has 1 rings (SSSR count). The van der Waals surface area contributed by atoms with E-state index in [0.29, 0.717) is 6.42 Å². The first-order valence-corrected chi connectivity index (χ1v) is 4.86. The minimum Gasteiger partial charge on any atom is -0.481 e. The third-order valence-electron chi connectivity index (χ3n) is 3.22. The molecule has 13 heavy (non-hydrogen) atoms. The van der Waals surface area contributed by atoms with Crippen LogP contribution in [0.15, 0.2) is 0 Å². The van der Waals surface area contributed by atoms with Gasteiger partial charge in [-0.15, -0.1) is 0 Å². The zero-order valence-electron chi connectivity index (χ0n) is 8.29. The molecule has 0 aromatic rings. The van der Waals surface area contributed by atoms with E-state index in [2.05, 4.69) is 0 Å². The Hall–Kier alpha value is -0.570. The molecule has 0 aromatic carbocycles. The van der Waals surface area contributed by atoms with Gasteiger partial charge in [0.05, 0.1) is 11.5 Å². The number of rotatable bonds is 2. The second-order valence-corrected chi connectivity index (χ2v) is 4.54. The van der Waals surface area contributed by atoms with E-state index >= 15 is 0 Å². The van der Waals surface area contributed by atoms with Crippen molar-refractivity contribution < 1.29 is 15.0 Å². The van der Waals surface area contributed by atoms with Gasteiger partial charge in [-0.05, 0) is 39.0 Å². The molecule has 3 nitrogen and oxygen atoms in total. The van der Waals surface area contributed by atoms with Gasteiger partial charge in [-0.2, -0.15) is 0 Å².